The Morgan fingerprint density at radius 2 is 2.16 bits per heavy atom. The third kappa shape index (κ3) is 3.11. The molecule has 0 unspecified atom stereocenters. The lowest BCUT2D eigenvalue weighted by Gasteiger charge is -2.07. The van der Waals surface area contributed by atoms with Crippen molar-refractivity contribution in [2.75, 3.05) is 12.4 Å². The second kappa shape index (κ2) is 5.40. The van der Waals surface area contributed by atoms with Gasteiger partial charge in [-0.25, -0.2) is 4.98 Å². The molecule has 0 spiro atoms. The predicted octanol–water partition coefficient (Wildman–Crippen LogP) is 2.15. The van der Waals surface area contributed by atoms with Crippen molar-refractivity contribution in [3.8, 4) is 5.88 Å². The first-order valence-corrected chi connectivity index (χ1v) is 6.32. The number of halogens is 1. The summed E-state index contributed by atoms with van der Waals surface area (Å²) in [4.78, 5) is 20.3. The summed E-state index contributed by atoms with van der Waals surface area (Å²) in [5.74, 6) is 0.357. The van der Waals surface area contributed by atoms with Gasteiger partial charge in [0.05, 0.1) is 7.11 Å². The monoisotopic (exact) mass is 324 g/mol. The minimum atomic E-state index is -0.277. The van der Waals surface area contributed by atoms with Crippen molar-refractivity contribution in [3.63, 3.8) is 0 Å². The number of nitrogens with zero attached hydrogens (tertiary/aromatic N) is 3. The molecule has 0 bridgehead atoms. The SMILES string of the molecule is COc1cc(C)nc(NC(=O)c2cc(Br)cn2C)n1. The number of methoxy groups -OCH3 is 1. The first kappa shape index (κ1) is 13.5. The Labute approximate surface area is 118 Å². The summed E-state index contributed by atoms with van der Waals surface area (Å²) in [6, 6.07) is 3.41. The molecule has 0 aliphatic carbocycles. The largest absolute Gasteiger partial charge is 0.481 e. The van der Waals surface area contributed by atoms with E-state index in [9.17, 15) is 4.79 Å². The van der Waals surface area contributed by atoms with Gasteiger partial charge in [-0.1, -0.05) is 0 Å². The van der Waals surface area contributed by atoms with Crippen molar-refractivity contribution in [3.05, 3.63) is 34.2 Å². The highest BCUT2D eigenvalue weighted by molar-refractivity contribution is 9.10. The van der Waals surface area contributed by atoms with E-state index in [0.717, 1.165) is 10.2 Å². The van der Waals surface area contributed by atoms with Crippen LogP contribution in [-0.4, -0.2) is 27.6 Å². The summed E-state index contributed by atoms with van der Waals surface area (Å²) < 4.78 is 7.59. The molecular formula is C12H13BrN4O2. The zero-order chi connectivity index (χ0) is 14.0. The average Bonchev–Trinajstić information content (AvgIpc) is 2.67. The Morgan fingerprint density at radius 1 is 1.42 bits per heavy atom. The number of aromatic nitrogens is 3. The van der Waals surface area contributed by atoms with Crippen LogP contribution >= 0.6 is 15.9 Å². The lowest BCUT2D eigenvalue weighted by atomic mass is 10.4. The van der Waals surface area contributed by atoms with E-state index in [1.165, 1.54) is 7.11 Å². The van der Waals surface area contributed by atoms with Crippen LogP contribution in [0.1, 0.15) is 16.2 Å². The highest BCUT2D eigenvalue weighted by Gasteiger charge is 2.13. The Balaban J connectivity index is 2.23. The molecule has 0 aliphatic rings. The molecule has 100 valence electrons. The molecule has 0 saturated carbocycles. The van der Waals surface area contributed by atoms with Crippen LogP contribution in [0.5, 0.6) is 5.88 Å². The maximum Gasteiger partial charge on any atom is 0.274 e. The van der Waals surface area contributed by atoms with Crippen molar-refractivity contribution < 1.29 is 9.53 Å². The van der Waals surface area contributed by atoms with Gasteiger partial charge in [0.2, 0.25) is 11.8 Å². The van der Waals surface area contributed by atoms with E-state index in [0.29, 0.717) is 11.6 Å². The van der Waals surface area contributed by atoms with E-state index < -0.39 is 0 Å². The number of hydrogen-bond donors (Lipinski definition) is 1. The van der Waals surface area contributed by atoms with Gasteiger partial charge in [0.15, 0.2) is 0 Å². The summed E-state index contributed by atoms with van der Waals surface area (Å²) >= 11 is 3.32. The molecule has 0 atom stereocenters. The van der Waals surface area contributed by atoms with Gasteiger partial charge in [-0.15, -0.1) is 0 Å². The zero-order valence-corrected chi connectivity index (χ0v) is 12.4. The number of rotatable bonds is 3. The molecule has 0 aromatic carbocycles. The number of carbonyl (C=O) groups is 1. The topological polar surface area (TPSA) is 69.0 Å². The summed E-state index contributed by atoms with van der Waals surface area (Å²) in [6.07, 6.45) is 1.80. The number of ether oxygens (including phenoxy) is 1. The number of aryl methyl sites for hydroxylation is 2. The van der Waals surface area contributed by atoms with Crippen molar-refractivity contribution >= 4 is 27.8 Å². The predicted molar refractivity (Wildman–Crippen MR) is 74.4 cm³/mol. The fourth-order valence-corrected chi connectivity index (χ4v) is 2.14. The summed E-state index contributed by atoms with van der Waals surface area (Å²) in [5.41, 5.74) is 1.23. The smallest absolute Gasteiger partial charge is 0.274 e. The van der Waals surface area contributed by atoms with Crippen LogP contribution in [0.4, 0.5) is 5.95 Å². The average molecular weight is 325 g/mol. The molecule has 1 N–H and O–H groups in total. The van der Waals surface area contributed by atoms with Gasteiger partial charge < -0.3 is 9.30 Å². The summed E-state index contributed by atoms with van der Waals surface area (Å²) in [5, 5.41) is 2.65. The van der Waals surface area contributed by atoms with Crippen LogP contribution in [-0.2, 0) is 7.05 Å². The number of nitrogens with one attached hydrogen (secondary N) is 1. The fourth-order valence-electron chi connectivity index (χ4n) is 1.62. The van der Waals surface area contributed by atoms with E-state index in [1.54, 1.807) is 36.9 Å². The highest BCUT2D eigenvalue weighted by atomic mass is 79.9. The van der Waals surface area contributed by atoms with Crippen LogP contribution < -0.4 is 10.1 Å². The quantitative estimate of drug-likeness (QED) is 0.939. The zero-order valence-electron chi connectivity index (χ0n) is 10.8. The maximum absolute atomic E-state index is 12.1. The van der Waals surface area contributed by atoms with Gasteiger partial charge >= 0.3 is 0 Å². The maximum atomic E-state index is 12.1. The van der Waals surface area contributed by atoms with Crippen LogP contribution in [0.15, 0.2) is 22.8 Å². The molecule has 1 amide bonds. The fraction of sp³-hybridized carbons (Fsp3) is 0.250. The second-order valence-corrected chi connectivity index (χ2v) is 4.90. The minimum Gasteiger partial charge on any atom is -0.481 e. The number of amides is 1. The van der Waals surface area contributed by atoms with Gasteiger partial charge in [0.25, 0.3) is 5.91 Å². The standard InChI is InChI=1S/C12H13BrN4O2/c1-7-4-10(19-3)15-12(14-7)16-11(18)9-5-8(13)6-17(9)2/h4-6H,1-3H3,(H,14,15,16,18). The lowest BCUT2D eigenvalue weighted by molar-refractivity contribution is 0.101. The van der Waals surface area contributed by atoms with Crippen LogP contribution in [0, 0.1) is 6.92 Å². The molecule has 0 radical (unpaired) electrons. The molecule has 0 aliphatic heterocycles. The van der Waals surface area contributed by atoms with Gasteiger partial charge in [0, 0.05) is 29.5 Å². The molecule has 2 aromatic heterocycles. The minimum absolute atomic E-state index is 0.221. The van der Waals surface area contributed by atoms with Crippen molar-refractivity contribution in [1.29, 1.82) is 0 Å². The molecule has 2 heterocycles. The van der Waals surface area contributed by atoms with Crippen LogP contribution in [0.25, 0.3) is 0 Å². The van der Waals surface area contributed by atoms with Gasteiger partial charge in [0.1, 0.15) is 5.69 Å². The van der Waals surface area contributed by atoms with E-state index in [1.807, 2.05) is 0 Å². The third-order valence-corrected chi connectivity index (χ3v) is 2.90. The number of carbonyl (C=O) groups excluding carboxylic acids is 1. The van der Waals surface area contributed by atoms with E-state index in [-0.39, 0.29) is 11.9 Å². The molecule has 7 heteroatoms. The Hall–Kier alpha value is -1.89. The number of anilines is 1. The van der Waals surface area contributed by atoms with Gasteiger partial charge in [-0.3, -0.25) is 10.1 Å². The van der Waals surface area contributed by atoms with Crippen molar-refractivity contribution in [1.82, 2.24) is 14.5 Å². The molecular weight excluding hydrogens is 312 g/mol. The van der Waals surface area contributed by atoms with Gasteiger partial charge in [-0.05, 0) is 28.9 Å². The first-order chi connectivity index (χ1) is 8.99. The van der Waals surface area contributed by atoms with Crippen molar-refractivity contribution in [2.45, 2.75) is 6.92 Å². The highest BCUT2D eigenvalue weighted by Crippen LogP contribution is 2.16. The van der Waals surface area contributed by atoms with E-state index >= 15 is 0 Å². The molecule has 0 saturated heterocycles. The lowest BCUT2D eigenvalue weighted by Crippen LogP contribution is -2.17. The third-order valence-electron chi connectivity index (χ3n) is 2.47. The Kier molecular flexibility index (Phi) is 3.84. The number of hydrogen-bond acceptors (Lipinski definition) is 4. The van der Waals surface area contributed by atoms with Crippen molar-refractivity contribution in [2.24, 2.45) is 7.05 Å². The molecule has 2 aromatic rings. The molecule has 19 heavy (non-hydrogen) atoms. The summed E-state index contributed by atoms with van der Waals surface area (Å²) in [7, 11) is 3.30. The van der Waals surface area contributed by atoms with E-state index in [2.05, 4.69) is 31.2 Å². The molecule has 0 fully saturated rings. The van der Waals surface area contributed by atoms with Crippen LogP contribution in [0.3, 0.4) is 0 Å². The summed E-state index contributed by atoms with van der Waals surface area (Å²) in [6.45, 7) is 1.80. The Bertz CT molecular complexity index is 624. The molecule has 2 rings (SSSR count). The molecule has 6 nitrogen and oxygen atoms in total. The van der Waals surface area contributed by atoms with Crippen LogP contribution in [0.2, 0.25) is 0 Å². The second-order valence-electron chi connectivity index (χ2n) is 3.98. The van der Waals surface area contributed by atoms with Gasteiger partial charge in [-0.2, -0.15) is 4.98 Å². The van der Waals surface area contributed by atoms with E-state index in [4.69, 9.17) is 4.74 Å². The first-order valence-electron chi connectivity index (χ1n) is 5.52. The normalized spacial score (nSPS) is 10.3. The Morgan fingerprint density at radius 3 is 2.74 bits per heavy atom.